The van der Waals surface area contributed by atoms with Gasteiger partial charge in [-0.2, -0.15) is 0 Å². The Hall–Kier alpha value is -0.0100. The minimum Gasteiger partial charge on any atom is -0.352 e. The molecule has 0 fully saturated rings. The average molecular weight is 156 g/mol. The van der Waals surface area contributed by atoms with E-state index in [2.05, 4.69) is 5.32 Å². The summed E-state index contributed by atoms with van der Waals surface area (Å²) in [6.07, 6.45) is 0. The molecule has 0 aromatic carbocycles. The summed E-state index contributed by atoms with van der Waals surface area (Å²) in [5.41, 5.74) is -0.598. The fourth-order valence-electron chi connectivity index (χ4n) is 0.200. The van der Waals surface area contributed by atoms with Crippen molar-refractivity contribution < 1.29 is 9.36 Å². The molecule has 0 spiro atoms. The maximum atomic E-state index is 10.5. The molecule has 0 saturated heterocycles. The van der Waals surface area contributed by atoms with E-state index in [0.717, 1.165) is 0 Å². The Morgan fingerprint density at radius 2 is 2.12 bits per heavy atom. The number of amides is 1. The molecule has 0 saturated carbocycles. The molecule has 0 aliphatic carbocycles. The highest BCUT2D eigenvalue weighted by Gasteiger charge is 2.19. The molecule has 1 N–H and O–H groups in total. The molecule has 0 heterocycles. The summed E-state index contributed by atoms with van der Waals surface area (Å²) in [6, 6.07) is 0. The lowest BCUT2D eigenvalue weighted by Crippen LogP contribution is -2.12. The average Bonchev–Trinajstić information content (AvgIpc) is 1.62. The predicted molar refractivity (Wildman–Crippen MR) is 33.8 cm³/mol. The Morgan fingerprint density at radius 1 is 1.75 bits per heavy atom. The first-order valence-corrected chi connectivity index (χ1v) is 5.04. The first-order valence-electron chi connectivity index (χ1n) is 1.98. The largest absolute Gasteiger partial charge is 0.352 e. The molecule has 3 nitrogen and oxygen atoms in total. The third kappa shape index (κ3) is 2.34. The van der Waals surface area contributed by atoms with Gasteiger partial charge in [-0.05, 0) is 11.2 Å². The summed E-state index contributed by atoms with van der Waals surface area (Å²) in [6.45, 7) is -1.83. The van der Waals surface area contributed by atoms with E-state index < -0.39 is 12.1 Å². The summed E-state index contributed by atoms with van der Waals surface area (Å²) in [5.74, 6) is 0. The predicted octanol–water partition coefficient (Wildman–Crippen LogP) is 1.47. The van der Waals surface area contributed by atoms with Gasteiger partial charge in [0, 0.05) is 13.7 Å². The van der Waals surface area contributed by atoms with Gasteiger partial charge in [0.2, 0.25) is 6.49 Å². The lowest BCUT2D eigenvalue weighted by molar-refractivity contribution is 0.260. The monoisotopic (exact) mass is 155 g/mol. The van der Waals surface area contributed by atoms with Gasteiger partial charge in [-0.1, -0.05) is 0 Å². The van der Waals surface area contributed by atoms with Gasteiger partial charge in [-0.25, -0.2) is 0 Å². The zero-order chi connectivity index (χ0) is 6.78. The lowest BCUT2D eigenvalue weighted by atomic mass is 11.2. The second kappa shape index (κ2) is 2.51. The Labute approximate surface area is 52.6 Å². The quantitative estimate of drug-likeness (QED) is 0.583. The van der Waals surface area contributed by atoms with E-state index >= 15 is 0 Å². The maximum Gasteiger partial charge on any atom is 0.293 e. The molecular weight excluding hydrogens is 148 g/mol. The Kier molecular flexibility index (Phi) is 2.51. The van der Waals surface area contributed by atoms with E-state index in [1.54, 1.807) is 0 Å². The summed E-state index contributed by atoms with van der Waals surface area (Å²) in [5, 5.41) is 2.17. The first-order chi connectivity index (χ1) is 3.48. The molecule has 0 rings (SSSR count). The van der Waals surface area contributed by atoms with Crippen LogP contribution in [-0.4, -0.2) is 19.4 Å². The van der Waals surface area contributed by atoms with Crippen LogP contribution in [0.15, 0.2) is 0 Å². The zero-order valence-corrected chi connectivity index (χ0v) is 6.29. The van der Waals surface area contributed by atoms with Gasteiger partial charge in [-0.3, -0.25) is 9.36 Å². The number of nitrogens with one attached hydrogen (secondary N) is 1. The van der Waals surface area contributed by atoms with Crippen LogP contribution >= 0.6 is 17.7 Å². The van der Waals surface area contributed by atoms with Gasteiger partial charge >= 0.3 is 0 Å². The van der Waals surface area contributed by atoms with E-state index in [1.807, 2.05) is 0 Å². The second-order valence-corrected chi connectivity index (χ2v) is 5.36. The van der Waals surface area contributed by atoms with E-state index in [4.69, 9.17) is 11.2 Å². The van der Waals surface area contributed by atoms with Crippen molar-refractivity contribution in [3.05, 3.63) is 0 Å². The van der Waals surface area contributed by atoms with Crippen molar-refractivity contribution >= 4 is 23.4 Å². The van der Waals surface area contributed by atoms with Crippen molar-refractivity contribution in [2.45, 2.75) is 0 Å². The smallest absolute Gasteiger partial charge is 0.293 e. The number of halogens is 1. The van der Waals surface area contributed by atoms with Crippen molar-refractivity contribution in [2.24, 2.45) is 0 Å². The van der Waals surface area contributed by atoms with E-state index in [-0.39, 0.29) is 0 Å². The highest BCUT2D eigenvalue weighted by atomic mass is 35.7. The third-order valence-electron chi connectivity index (χ3n) is 0.577. The molecule has 1 unspecified atom stereocenters. The molecule has 0 aromatic heterocycles. The molecule has 0 radical (unpaired) electrons. The van der Waals surface area contributed by atoms with E-state index in [9.17, 15) is 9.36 Å². The number of rotatable bonds is 1. The van der Waals surface area contributed by atoms with Crippen LogP contribution in [-0.2, 0) is 4.57 Å². The molecule has 1 atom stereocenters. The molecule has 0 aliphatic rings. The summed E-state index contributed by atoms with van der Waals surface area (Å²) in [7, 11) is 1.39. The van der Waals surface area contributed by atoms with Crippen LogP contribution in [0.25, 0.3) is 0 Å². The fraction of sp³-hybridized carbons (Fsp3) is 0.667. The molecule has 0 bridgehead atoms. The van der Waals surface area contributed by atoms with E-state index in [0.29, 0.717) is 0 Å². The van der Waals surface area contributed by atoms with Crippen LogP contribution in [0.5, 0.6) is 0 Å². The normalized spacial score (nSPS) is 16.9. The van der Waals surface area contributed by atoms with Gasteiger partial charge in [0.25, 0.3) is 5.65 Å². The minimum atomic E-state index is -3.03. The zero-order valence-electron chi connectivity index (χ0n) is 4.64. The van der Waals surface area contributed by atoms with E-state index in [1.165, 1.54) is 13.7 Å². The second-order valence-electron chi connectivity index (χ2n) is 1.38. The Balaban J connectivity index is 4.04. The molecule has 0 aromatic rings. The van der Waals surface area contributed by atoms with Crippen LogP contribution in [0.2, 0.25) is 0 Å². The summed E-state index contributed by atoms with van der Waals surface area (Å²) >= 11 is 5.13. The highest BCUT2D eigenvalue weighted by Crippen LogP contribution is 2.47. The standard InChI is InChI=1S/C3H7ClNO2P/c1-5-3(6)8(2,4)7/h1-2H3,(H,5,6). The minimum absolute atomic E-state index is 0.598. The number of hydrogen-bond acceptors (Lipinski definition) is 2. The fourth-order valence-corrected chi connectivity index (χ4v) is 0.853. The van der Waals surface area contributed by atoms with Crippen LogP contribution in [0.3, 0.4) is 0 Å². The van der Waals surface area contributed by atoms with Crippen LogP contribution < -0.4 is 5.32 Å². The van der Waals surface area contributed by atoms with Crippen LogP contribution in [0.1, 0.15) is 0 Å². The Morgan fingerprint density at radius 3 is 2.12 bits per heavy atom. The summed E-state index contributed by atoms with van der Waals surface area (Å²) < 4.78 is 10.5. The first kappa shape index (κ1) is 7.99. The third-order valence-corrected chi connectivity index (χ3v) is 1.99. The lowest BCUT2D eigenvalue weighted by Gasteiger charge is -1.98. The number of hydrogen-bond donors (Lipinski definition) is 1. The van der Waals surface area contributed by atoms with Crippen molar-refractivity contribution in [1.29, 1.82) is 0 Å². The SMILES string of the molecule is CNC(=O)P(C)(=O)Cl. The van der Waals surface area contributed by atoms with Gasteiger partial charge in [0.15, 0.2) is 0 Å². The molecule has 5 heteroatoms. The molecule has 1 amide bonds. The summed E-state index contributed by atoms with van der Waals surface area (Å²) in [4.78, 5) is 10.3. The van der Waals surface area contributed by atoms with Crippen LogP contribution in [0.4, 0.5) is 4.79 Å². The van der Waals surface area contributed by atoms with Crippen molar-refractivity contribution in [3.8, 4) is 0 Å². The molecule has 48 valence electrons. The molecule has 8 heavy (non-hydrogen) atoms. The van der Waals surface area contributed by atoms with Crippen molar-refractivity contribution in [3.63, 3.8) is 0 Å². The van der Waals surface area contributed by atoms with Gasteiger partial charge < -0.3 is 5.32 Å². The highest BCUT2D eigenvalue weighted by molar-refractivity contribution is 8.01. The molecular formula is C3H7ClNO2P. The van der Waals surface area contributed by atoms with Gasteiger partial charge in [0.1, 0.15) is 0 Å². The van der Waals surface area contributed by atoms with Crippen LogP contribution in [0, 0.1) is 0 Å². The van der Waals surface area contributed by atoms with Gasteiger partial charge in [-0.15, -0.1) is 0 Å². The number of carbonyl (C=O) groups is 1. The Bertz CT molecular complexity index is 140. The number of carbonyl (C=O) groups excluding carboxylic acids is 1. The topological polar surface area (TPSA) is 46.2 Å². The van der Waals surface area contributed by atoms with Gasteiger partial charge in [0.05, 0.1) is 0 Å². The van der Waals surface area contributed by atoms with Crippen molar-refractivity contribution in [1.82, 2.24) is 5.32 Å². The maximum absolute atomic E-state index is 10.5. The molecule has 0 aliphatic heterocycles. The van der Waals surface area contributed by atoms with Crippen molar-refractivity contribution in [2.75, 3.05) is 13.7 Å².